The Balaban J connectivity index is 1.64. The maximum atomic E-state index is 12.9. The number of nitrogens with one attached hydrogen (secondary N) is 1. The van der Waals surface area contributed by atoms with Crippen LogP contribution in [0.2, 0.25) is 0 Å². The molecule has 1 amide bonds. The Morgan fingerprint density at radius 2 is 1.97 bits per heavy atom. The molecule has 10 heteroatoms. The second kappa shape index (κ2) is 10.5. The number of halogens is 3. The van der Waals surface area contributed by atoms with E-state index in [1.807, 2.05) is 4.90 Å². The summed E-state index contributed by atoms with van der Waals surface area (Å²) in [5.41, 5.74) is 3.54. The molecule has 178 valence electrons. The summed E-state index contributed by atoms with van der Waals surface area (Å²) in [7, 11) is 0. The zero-order valence-electron chi connectivity index (χ0n) is 18.4. The van der Waals surface area contributed by atoms with Gasteiger partial charge in [0.1, 0.15) is 12.4 Å². The third-order valence-corrected chi connectivity index (χ3v) is 5.38. The molecule has 3 aromatic rings. The summed E-state index contributed by atoms with van der Waals surface area (Å²) in [6.07, 6.45) is 2.95. The smallest absolute Gasteiger partial charge is 0.388 e. The Morgan fingerprint density at radius 1 is 1.18 bits per heavy atom. The number of anilines is 2. The number of carbonyl (C=O) groups is 1. The lowest BCUT2D eigenvalue weighted by Crippen LogP contribution is -2.36. The van der Waals surface area contributed by atoms with Crippen LogP contribution >= 0.6 is 0 Å². The number of pyridine rings is 2. The predicted octanol–water partition coefficient (Wildman–Crippen LogP) is 4.61. The molecule has 1 N–H and O–H groups in total. The monoisotopic (exact) mass is 472 g/mol. The summed E-state index contributed by atoms with van der Waals surface area (Å²) in [6.45, 7) is 0.0705. The van der Waals surface area contributed by atoms with Gasteiger partial charge in [-0.25, -0.2) is 9.37 Å². The zero-order valence-corrected chi connectivity index (χ0v) is 18.4. The first-order valence-electron chi connectivity index (χ1n) is 10.7. The normalized spacial score (nSPS) is 13.7. The van der Waals surface area contributed by atoms with Crippen molar-refractivity contribution in [2.45, 2.75) is 20.2 Å². The third kappa shape index (κ3) is 5.45. The van der Waals surface area contributed by atoms with E-state index in [9.17, 15) is 18.0 Å². The van der Waals surface area contributed by atoms with Gasteiger partial charge in [-0.1, -0.05) is 12.1 Å². The summed E-state index contributed by atoms with van der Waals surface area (Å²) in [6, 6.07) is 9.74. The molecule has 34 heavy (non-hydrogen) atoms. The van der Waals surface area contributed by atoms with Crippen LogP contribution in [0.1, 0.15) is 21.6 Å². The molecule has 0 unspecified atom stereocenters. The van der Waals surface area contributed by atoms with Crippen LogP contribution in [0.5, 0.6) is 5.88 Å². The predicted molar refractivity (Wildman–Crippen MR) is 121 cm³/mol. The molecule has 4 rings (SSSR count). The first-order chi connectivity index (χ1) is 16.4. The minimum absolute atomic E-state index is 0.163. The van der Waals surface area contributed by atoms with Gasteiger partial charge < -0.3 is 19.7 Å². The highest BCUT2D eigenvalue weighted by molar-refractivity contribution is 6.04. The molecular formula is C24H23F3N4O3. The molecule has 7 nitrogen and oxygen atoms in total. The van der Waals surface area contributed by atoms with Gasteiger partial charge in [0.2, 0.25) is 5.88 Å². The van der Waals surface area contributed by atoms with Crippen LogP contribution in [0.25, 0.3) is 11.1 Å². The second-order valence-electron chi connectivity index (χ2n) is 7.67. The van der Waals surface area contributed by atoms with Crippen molar-refractivity contribution in [2.75, 3.05) is 36.5 Å². The first-order valence-corrected chi connectivity index (χ1v) is 10.7. The Labute approximate surface area is 194 Å². The van der Waals surface area contributed by atoms with Crippen LogP contribution in [0, 0.1) is 6.92 Å². The number of rotatable bonds is 7. The van der Waals surface area contributed by atoms with E-state index in [2.05, 4.69) is 20.0 Å². The highest BCUT2D eigenvalue weighted by Gasteiger charge is 2.21. The molecule has 0 bridgehead atoms. The molecule has 1 aliphatic heterocycles. The Kier molecular flexibility index (Phi) is 7.27. The highest BCUT2D eigenvalue weighted by atomic mass is 19.3. The van der Waals surface area contributed by atoms with E-state index in [-0.39, 0.29) is 5.88 Å². The molecule has 0 aliphatic carbocycles. The maximum absolute atomic E-state index is 12.9. The van der Waals surface area contributed by atoms with Crippen molar-refractivity contribution in [3.05, 3.63) is 65.6 Å². The highest BCUT2D eigenvalue weighted by Crippen LogP contribution is 2.34. The molecule has 0 spiro atoms. The molecule has 1 fully saturated rings. The van der Waals surface area contributed by atoms with E-state index in [1.165, 1.54) is 18.5 Å². The summed E-state index contributed by atoms with van der Waals surface area (Å²) >= 11 is 0. The maximum Gasteiger partial charge on any atom is 0.388 e. The lowest BCUT2D eigenvalue weighted by molar-refractivity contribution is -0.0525. The minimum atomic E-state index is -3.00. The second-order valence-corrected chi connectivity index (χ2v) is 7.67. The van der Waals surface area contributed by atoms with Gasteiger partial charge >= 0.3 is 6.61 Å². The van der Waals surface area contributed by atoms with Crippen LogP contribution in [-0.2, 0) is 11.4 Å². The average molecular weight is 472 g/mol. The Hall–Kier alpha value is -3.66. The van der Waals surface area contributed by atoms with Crippen molar-refractivity contribution in [3.63, 3.8) is 0 Å². The molecule has 2 aromatic heterocycles. The summed E-state index contributed by atoms with van der Waals surface area (Å²) in [5.74, 6) is -0.567. The molecule has 3 heterocycles. The van der Waals surface area contributed by atoms with Gasteiger partial charge in [-0.05, 0) is 36.8 Å². The van der Waals surface area contributed by atoms with Gasteiger partial charge in [-0.15, -0.1) is 0 Å². The Morgan fingerprint density at radius 3 is 2.71 bits per heavy atom. The number of carbonyl (C=O) groups excluding carboxylic acids is 1. The van der Waals surface area contributed by atoms with Gasteiger partial charge in [-0.2, -0.15) is 8.78 Å². The molecule has 0 atom stereocenters. The molecule has 0 radical (unpaired) electrons. The molecule has 1 aliphatic rings. The quantitative estimate of drug-likeness (QED) is 0.541. The summed E-state index contributed by atoms with van der Waals surface area (Å²) in [5, 5.41) is 2.77. The molecular weight excluding hydrogens is 449 g/mol. The van der Waals surface area contributed by atoms with E-state index < -0.39 is 19.2 Å². The average Bonchev–Trinajstić information content (AvgIpc) is 2.85. The van der Waals surface area contributed by atoms with Crippen LogP contribution in [0.15, 0.2) is 48.8 Å². The van der Waals surface area contributed by atoms with Crippen molar-refractivity contribution < 1.29 is 27.4 Å². The molecule has 0 saturated carbocycles. The van der Waals surface area contributed by atoms with Gasteiger partial charge in [0.15, 0.2) is 0 Å². The zero-order chi connectivity index (χ0) is 24.1. The lowest BCUT2D eigenvalue weighted by atomic mass is 10.0. The van der Waals surface area contributed by atoms with Gasteiger partial charge in [-0.3, -0.25) is 9.78 Å². The number of hydrogen-bond acceptors (Lipinski definition) is 6. The van der Waals surface area contributed by atoms with E-state index in [0.717, 1.165) is 0 Å². The number of alkyl halides is 3. The number of morpholine rings is 1. The van der Waals surface area contributed by atoms with Crippen molar-refractivity contribution >= 4 is 17.3 Å². The SMILES string of the molecule is Cc1ncc(NC(=O)c2cccc(CF)c2)cc1-c1cnc(OC(F)F)c(N2CCOCC2)c1. The molecule has 1 aromatic carbocycles. The largest absolute Gasteiger partial charge is 0.415 e. The standard InChI is InChI=1S/C24H23F3N4O3/c1-15-20(11-19(14-28-15)30-22(32)17-4-2-3-16(9-17)12-25)18-10-21(31-5-7-33-8-6-31)23(29-13-18)34-24(26)27/h2-4,9-11,13-14,24H,5-8,12H2,1H3,(H,30,32). The van der Waals surface area contributed by atoms with Crippen LogP contribution in [-0.4, -0.2) is 48.8 Å². The van der Waals surface area contributed by atoms with Gasteiger partial charge in [0.05, 0.1) is 25.1 Å². The van der Waals surface area contributed by atoms with E-state index in [0.29, 0.717) is 65.6 Å². The van der Waals surface area contributed by atoms with Gasteiger partial charge in [0.25, 0.3) is 5.91 Å². The number of aryl methyl sites for hydroxylation is 1. The van der Waals surface area contributed by atoms with Crippen molar-refractivity contribution in [2.24, 2.45) is 0 Å². The van der Waals surface area contributed by atoms with Crippen LogP contribution < -0.4 is 15.0 Å². The number of aromatic nitrogens is 2. The van der Waals surface area contributed by atoms with Crippen molar-refractivity contribution in [1.82, 2.24) is 9.97 Å². The van der Waals surface area contributed by atoms with Crippen molar-refractivity contribution in [1.29, 1.82) is 0 Å². The van der Waals surface area contributed by atoms with Crippen LogP contribution in [0.4, 0.5) is 24.5 Å². The summed E-state index contributed by atoms with van der Waals surface area (Å²) in [4.78, 5) is 23.0. The van der Waals surface area contributed by atoms with E-state index in [1.54, 1.807) is 37.3 Å². The number of nitrogens with zero attached hydrogens (tertiary/aromatic N) is 3. The minimum Gasteiger partial charge on any atom is -0.415 e. The van der Waals surface area contributed by atoms with Gasteiger partial charge in [0, 0.05) is 41.7 Å². The number of hydrogen-bond donors (Lipinski definition) is 1. The van der Waals surface area contributed by atoms with Crippen molar-refractivity contribution in [3.8, 4) is 17.0 Å². The number of benzene rings is 1. The van der Waals surface area contributed by atoms with E-state index in [4.69, 9.17) is 4.74 Å². The van der Waals surface area contributed by atoms with E-state index >= 15 is 0 Å². The number of amides is 1. The Bertz CT molecular complexity index is 1170. The first kappa shape index (κ1) is 23.5. The molecule has 1 saturated heterocycles. The fourth-order valence-corrected chi connectivity index (χ4v) is 3.69. The van der Waals surface area contributed by atoms with Crippen LogP contribution in [0.3, 0.4) is 0 Å². The topological polar surface area (TPSA) is 76.6 Å². The fraction of sp³-hybridized carbons (Fsp3) is 0.292. The third-order valence-electron chi connectivity index (χ3n) is 5.38. The summed E-state index contributed by atoms with van der Waals surface area (Å²) < 4.78 is 48.8. The lowest BCUT2D eigenvalue weighted by Gasteiger charge is -2.30. The fourth-order valence-electron chi connectivity index (χ4n) is 3.69. The number of ether oxygens (including phenoxy) is 2.